The molecule has 216 valence electrons. The highest BCUT2D eigenvalue weighted by Gasteiger charge is 2.37. The fourth-order valence-electron chi connectivity index (χ4n) is 5.06. The van der Waals surface area contributed by atoms with Crippen LogP contribution in [0.2, 0.25) is 0 Å². The van der Waals surface area contributed by atoms with E-state index in [-0.39, 0.29) is 24.3 Å². The van der Waals surface area contributed by atoms with Crippen LogP contribution in [0, 0.1) is 5.41 Å². The van der Waals surface area contributed by atoms with Gasteiger partial charge in [0.15, 0.2) is 0 Å². The number of β-amino-alcohol motifs (C(OH)–C–C–N with tert-alkyl or cyclic N) is 1. The Morgan fingerprint density at radius 3 is 2.41 bits per heavy atom. The molecule has 1 aliphatic carbocycles. The first kappa shape index (κ1) is 29.2. The van der Waals surface area contributed by atoms with E-state index in [1.807, 2.05) is 32.9 Å². The first-order valence-corrected chi connectivity index (χ1v) is 14.2. The number of piperazine rings is 1. The molecule has 0 spiro atoms. The number of hydrogen-bond donors (Lipinski definition) is 3. The number of anilines is 1. The van der Waals surface area contributed by atoms with Crippen LogP contribution in [0.25, 0.3) is 0 Å². The highest BCUT2D eigenvalue weighted by molar-refractivity contribution is 5.94. The molecule has 11 heteroatoms. The molecule has 3 aliphatic rings. The fourth-order valence-corrected chi connectivity index (χ4v) is 5.06. The number of rotatable bonds is 10. The van der Waals surface area contributed by atoms with Crippen molar-refractivity contribution in [3.63, 3.8) is 0 Å². The number of aliphatic hydroxyl groups excluding tert-OH is 1. The molecule has 0 bridgehead atoms. The van der Waals surface area contributed by atoms with Gasteiger partial charge in [-0.05, 0) is 43.2 Å². The average Bonchev–Trinajstić information content (AvgIpc) is 3.33. The van der Waals surface area contributed by atoms with Gasteiger partial charge in [0.25, 0.3) is 5.91 Å². The second kappa shape index (κ2) is 13.1. The Morgan fingerprint density at radius 1 is 1.10 bits per heavy atom. The molecule has 1 aromatic heterocycles. The number of nitrogens with zero attached hydrogens (tertiary/aromatic N) is 4. The van der Waals surface area contributed by atoms with Crippen LogP contribution in [0.1, 0.15) is 56.8 Å². The zero-order valence-corrected chi connectivity index (χ0v) is 23.5. The molecule has 11 nitrogen and oxygen atoms in total. The molecule has 1 saturated carbocycles. The summed E-state index contributed by atoms with van der Waals surface area (Å²) < 4.78 is 5.64. The average molecular weight is 545 g/mol. The molecule has 3 fully saturated rings. The van der Waals surface area contributed by atoms with Gasteiger partial charge in [-0.1, -0.05) is 20.8 Å². The molecule has 4 rings (SSSR count). The first-order valence-electron chi connectivity index (χ1n) is 14.2. The molecular weight excluding hydrogens is 500 g/mol. The van der Waals surface area contributed by atoms with Gasteiger partial charge in [-0.3, -0.25) is 19.3 Å². The van der Waals surface area contributed by atoms with Gasteiger partial charge in [0.1, 0.15) is 18.5 Å². The van der Waals surface area contributed by atoms with Crippen molar-refractivity contribution < 1.29 is 24.2 Å². The minimum Gasteiger partial charge on any atom is -0.391 e. The van der Waals surface area contributed by atoms with Crippen molar-refractivity contribution >= 4 is 23.5 Å². The molecule has 2 aliphatic heterocycles. The minimum atomic E-state index is -0.674. The molecular formula is C28H44N6O5. The van der Waals surface area contributed by atoms with Gasteiger partial charge >= 0.3 is 0 Å². The topological polar surface area (TPSA) is 127 Å². The smallest absolute Gasteiger partial charge is 0.253 e. The van der Waals surface area contributed by atoms with Crippen molar-refractivity contribution in [2.24, 2.45) is 5.41 Å². The number of aliphatic hydroxyl groups is 1. The minimum absolute atomic E-state index is 0.0517. The van der Waals surface area contributed by atoms with Crippen molar-refractivity contribution in [1.29, 1.82) is 0 Å². The summed E-state index contributed by atoms with van der Waals surface area (Å²) in [4.78, 5) is 48.5. The Balaban J connectivity index is 1.13. The molecule has 39 heavy (non-hydrogen) atoms. The van der Waals surface area contributed by atoms with Crippen molar-refractivity contribution in [2.75, 3.05) is 63.9 Å². The normalized spacial score (nSPS) is 21.4. The van der Waals surface area contributed by atoms with E-state index in [4.69, 9.17) is 4.74 Å². The summed E-state index contributed by atoms with van der Waals surface area (Å²) in [6.45, 7) is 10.9. The van der Waals surface area contributed by atoms with E-state index in [2.05, 4.69) is 25.4 Å². The fraction of sp³-hybridized carbons (Fsp3) is 0.714. The Labute approximate surface area is 231 Å². The third-order valence-electron chi connectivity index (χ3n) is 7.83. The van der Waals surface area contributed by atoms with E-state index >= 15 is 0 Å². The van der Waals surface area contributed by atoms with Crippen molar-refractivity contribution in [3.8, 4) is 0 Å². The van der Waals surface area contributed by atoms with Crippen LogP contribution < -0.4 is 15.5 Å². The molecule has 3 N–H and O–H groups in total. The summed E-state index contributed by atoms with van der Waals surface area (Å²) in [5.41, 5.74) is 0.135. The second-order valence-corrected chi connectivity index (χ2v) is 12.0. The lowest BCUT2D eigenvalue weighted by Crippen LogP contribution is -2.55. The number of aromatic nitrogens is 1. The number of nitrogens with one attached hydrogen (secondary N) is 2. The number of pyridine rings is 1. The van der Waals surface area contributed by atoms with E-state index in [0.717, 1.165) is 44.8 Å². The van der Waals surface area contributed by atoms with E-state index in [0.29, 0.717) is 44.3 Å². The number of carbonyl (C=O) groups is 3. The van der Waals surface area contributed by atoms with Crippen LogP contribution in [0.15, 0.2) is 18.3 Å². The number of ether oxygens (including phenoxy) is 1. The predicted octanol–water partition coefficient (Wildman–Crippen LogP) is 0.627. The van der Waals surface area contributed by atoms with Gasteiger partial charge in [0.05, 0.1) is 18.3 Å². The molecule has 1 aromatic rings. The maximum atomic E-state index is 13.0. The lowest BCUT2D eigenvalue weighted by molar-refractivity contribution is -0.140. The maximum absolute atomic E-state index is 13.0. The number of hydrogen-bond acceptors (Lipinski definition) is 8. The maximum Gasteiger partial charge on any atom is 0.253 e. The molecule has 0 radical (unpaired) electrons. The second-order valence-electron chi connectivity index (χ2n) is 12.0. The van der Waals surface area contributed by atoms with Crippen molar-refractivity contribution in [2.45, 2.75) is 64.6 Å². The van der Waals surface area contributed by atoms with E-state index < -0.39 is 17.6 Å². The molecule has 2 atom stereocenters. The summed E-state index contributed by atoms with van der Waals surface area (Å²) in [5, 5.41) is 15.7. The molecule has 3 heterocycles. The van der Waals surface area contributed by atoms with Crippen LogP contribution in [-0.4, -0.2) is 115 Å². The van der Waals surface area contributed by atoms with Crippen LogP contribution in [0.5, 0.6) is 0 Å². The largest absolute Gasteiger partial charge is 0.391 e. The summed E-state index contributed by atoms with van der Waals surface area (Å²) in [6.07, 6.45) is 5.02. The van der Waals surface area contributed by atoms with Gasteiger partial charge in [-0.25, -0.2) is 4.98 Å². The molecule has 3 amide bonds. The van der Waals surface area contributed by atoms with Crippen LogP contribution in [-0.2, 0) is 14.3 Å². The zero-order chi connectivity index (χ0) is 28.0. The Kier molecular flexibility index (Phi) is 9.79. The SMILES string of the molecule is CC(C)(C)[C@H](NC(=O)COCCN1CCN(c2ccc(C(=O)NC3CCC3)cn2)CC1)C(=O)N1CC[C@@H](O)C1. The third-order valence-corrected chi connectivity index (χ3v) is 7.83. The van der Waals surface area contributed by atoms with Gasteiger partial charge in [0.2, 0.25) is 11.8 Å². The zero-order valence-electron chi connectivity index (χ0n) is 23.5. The molecule has 0 unspecified atom stereocenters. The summed E-state index contributed by atoms with van der Waals surface area (Å²) >= 11 is 0. The lowest BCUT2D eigenvalue weighted by Gasteiger charge is -2.35. The number of carbonyl (C=O) groups excluding carboxylic acids is 3. The summed E-state index contributed by atoms with van der Waals surface area (Å²) in [5.74, 6) is 0.341. The Bertz CT molecular complexity index is 985. The van der Waals surface area contributed by atoms with E-state index in [9.17, 15) is 19.5 Å². The Hall–Kier alpha value is -2.76. The standard InChI is InChI=1S/C28H44N6O5/c1-28(2,3)25(27(38)34-10-9-22(35)18-34)31-24(36)19-39-16-15-32-11-13-33(14-12-32)23-8-7-20(17-29-23)26(37)30-21-5-4-6-21/h7-8,17,21-22,25,35H,4-6,9-16,18-19H2,1-3H3,(H,30,37)(H,31,36)/t22-,25-/m1/s1. The van der Waals surface area contributed by atoms with Crippen LogP contribution in [0.3, 0.4) is 0 Å². The summed E-state index contributed by atoms with van der Waals surface area (Å²) in [7, 11) is 0. The number of amides is 3. The van der Waals surface area contributed by atoms with E-state index in [1.54, 1.807) is 11.1 Å². The quantitative estimate of drug-likeness (QED) is 0.366. The van der Waals surface area contributed by atoms with Gasteiger partial charge in [-0.2, -0.15) is 0 Å². The van der Waals surface area contributed by atoms with Crippen LogP contribution in [0.4, 0.5) is 5.82 Å². The van der Waals surface area contributed by atoms with Gasteiger partial charge < -0.3 is 30.3 Å². The highest BCUT2D eigenvalue weighted by Crippen LogP contribution is 2.23. The highest BCUT2D eigenvalue weighted by atomic mass is 16.5. The molecule has 2 saturated heterocycles. The third kappa shape index (κ3) is 8.12. The lowest BCUT2D eigenvalue weighted by atomic mass is 9.85. The Morgan fingerprint density at radius 2 is 1.85 bits per heavy atom. The summed E-state index contributed by atoms with van der Waals surface area (Å²) in [6, 6.07) is 3.39. The first-order chi connectivity index (χ1) is 18.6. The predicted molar refractivity (Wildman–Crippen MR) is 147 cm³/mol. The molecule has 0 aromatic carbocycles. The van der Waals surface area contributed by atoms with Gasteiger partial charge in [-0.15, -0.1) is 0 Å². The number of likely N-dealkylation sites (tertiary alicyclic amines) is 1. The van der Waals surface area contributed by atoms with E-state index in [1.165, 1.54) is 6.42 Å². The monoisotopic (exact) mass is 544 g/mol. The van der Waals surface area contributed by atoms with Crippen LogP contribution >= 0.6 is 0 Å². The van der Waals surface area contributed by atoms with Gasteiger partial charge in [0, 0.05) is 58.1 Å². The van der Waals surface area contributed by atoms with Crippen molar-refractivity contribution in [1.82, 2.24) is 25.4 Å². The van der Waals surface area contributed by atoms with Crippen molar-refractivity contribution in [3.05, 3.63) is 23.9 Å².